The van der Waals surface area contributed by atoms with Crippen molar-refractivity contribution >= 4 is 27.5 Å². The number of carbonyl (C=O) groups excluding carboxylic acids is 2. The third-order valence-electron chi connectivity index (χ3n) is 7.41. The van der Waals surface area contributed by atoms with E-state index in [1.54, 1.807) is 24.1 Å². The monoisotopic (exact) mass is 588 g/mol. The van der Waals surface area contributed by atoms with E-state index in [1.807, 2.05) is 6.07 Å². The van der Waals surface area contributed by atoms with Crippen molar-refractivity contribution < 1.29 is 32.2 Å². The lowest BCUT2D eigenvalue weighted by molar-refractivity contribution is -0.130. The molecule has 4 rings (SSSR count). The number of benzene rings is 1. The Hall–Kier alpha value is -3.84. The van der Waals surface area contributed by atoms with Gasteiger partial charge >= 0.3 is 0 Å². The van der Waals surface area contributed by atoms with Crippen molar-refractivity contribution in [3.8, 4) is 28.4 Å². The van der Waals surface area contributed by atoms with Gasteiger partial charge in [-0.25, -0.2) is 8.42 Å². The minimum atomic E-state index is -3.31. The molecule has 1 aliphatic heterocycles. The highest BCUT2D eigenvalue weighted by Gasteiger charge is 2.30. The van der Waals surface area contributed by atoms with Crippen LogP contribution in [0.5, 0.6) is 17.2 Å². The van der Waals surface area contributed by atoms with Crippen LogP contribution in [0, 0.1) is 0 Å². The molecule has 0 saturated carbocycles. The molecule has 222 valence electrons. The van der Waals surface area contributed by atoms with Crippen LogP contribution >= 0.6 is 0 Å². The molecular weight excluding hydrogens is 552 g/mol. The fourth-order valence-electron chi connectivity index (χ4n) is 5.41. The van der Waals surface area contributed by atoms with E-state index >= 15 is 0 Å². The fourth-order valence-corrected chi connectivity index (χ4v) is 6.23. The van der Waals surface area contributed by atoms with Gasteiger partial charge in [-0.05, 0) is 47.7 Å². The smallest absolute Gasteiger partial charge is 0.241 e. The number of sulfonamides is 1. The van der Waals surface area contributed by atoms with Crippen LogP contribution in [0.15, 0.2) is 29.1 Å². The summed E-state index contributed by atoms with van der Waals surface area (Å²) in [5.41, 5.74) is 2.80. The van der Waals surface area contributed by atoms with Crippen molar-refractivity contribution in [2.45, 2.75) is 25.8 Å². The Balaban J connectivity index is 1.70. The predicted octanol–water partition coefficient (Wildman–Crippen LogP) is 1.38. The molecule has 1 saturated heterocycles. The zero-order valence-electron chi connectivity index (χ0n) is 23.9. The lowest BCUT2D eigenvalue weighted by atomic mass is 9.95. The van der Waals surface area contributed by atoms with Crippen LogP contribution < -0.4 is 30.3 Å². The van der Waals surface area contributed by atoms with Gasteiger partial charge in [0.2, 0.25) is 33.0 Å². The Morgan fingerprint density at radius 3 is 2.27 bits per heavy atom. The first-order chi connectivity index (χ1) is 19.5. The van der Waals surface area contributed by atoms with E-state index in [-0.39, 0.29) is 55.7 Å². The van der Waals surface area contributed by atoms with Gasteiger partial charge in [0, 0.05) is 38.7 Å². The van der Waals surface area contributed by atoms with Crippen LogP contribution in [0.4, 0.5) is 5.69 Å². The molecule has 2 amide bonds. The number of hydrogen-bond acceptors (Lipinski definition) is 9. The summed E-state index contributed by atoms with van der Waals surface area (Å²) in [5, 5.41) is 5.93. The number of nitrogens with zero attached hydrogens (tertiary/aromatic N) is 2. The lowest BCUT2D eigenvalue weighted by Gasteiger charge is -2.33. The van der Waals surface area contributed by atoms with E-state index in [4.69, 9.17) is 14.2 Å². The summed E-state index contributed by atoms with van der Waals surface area (Å²) in [4.78, 5) is 40.0. The average Bonchev–Trinajstić information content (AvgIpc) is 3.18. The number of rotatable bonds is 8. The minimum absolute atomic E-state index is 0.136. The van der Waals surface area contributed by atoms with E-state index in [9.17, 15) is 22.8 Å². The third-order valence-corrected chi connectivity index (χ3v) is 8.71. The van der Waals surface area contributed by atoms with Gasteiger partial charge in [-0.3, -0.25) is 14.4 Å². The summed E-state index contributed by atoms with van der Waals surface area (Å²) >= 11 is 0. The van der Waals surface area contributed by atoms with Crippen molar-refractivity contribution in [1.29, 1.82) is 0 Å². The Bertz CT molecular complexity index is 1500. The van der Waals surface area contributed by atoms with E-state index in [0.29, 0.717) is 41.2 Å². The zero-order valence-corrected chi connectivity index (χ0v) is 24.7. The molecule has 0 unspecified atom stereocenters. The predicted molar refractivity (Wildman–Crippen MR) is 154 cm³/mol. The van der Waals surface area contributed by atoms with Gasteiger partial charge in [0.25, 0.3) is 0 Å². The number of piperazine rings is 1. The normalized spacial score (nSPS) is 17.0. The Morgan fingerprint density at radius 1 is 1.00 bits per heavy atom. The second-order valence-corrected chi connectivity index (χ2v) is 12.0. The number of anilines is 1. The maximum atomic E-state index is 13.4. The Morgan fingerprint density at radius 2 is 1.68 bits per heavy atom. The molecule has 2 aromatic carbocycles. The van der Waals surface area contributed by atoms with Gasteiger partial charge in [0.05, 0.1) is 45.9 Å². The summed E-state index contributed by atoms with van der Waals surface area (Å²) in [7, 11) is 1.28. The summed E-state index contributed by atoms with van der Waals surface area (Å²) in [6, 6.07) is 6.31. The van der Waals surface area contributed by atoms with Crippen LogP contribution in [0.25, 0.3) is 11.1 Å². The first-order valence-electron chi connectivity index (χ1n) is 13.2. The first kappa shape index (κ1) is 30.1. The highest BCUT2D eigenvalue weighted by molar-refractivity contribution is 7.88. The standard InChI is InChI=1S/C28H36N4O8S/c1-17(33)30-21-8-6-18-14-24(38-2)27(39-3)28(40-4)26(18)19-7-9-22(23(34)15-20(19)21)29-16-25(35)31-10-12-32(13-11-31)41(5,36)37/h7,9,14-15,21H,6,8,10-13,16H2,1-5H3,(H,29,34)(H,30,33)/t21-/m1/s1. The molecule has 1 fully saturated rings. The van der Waals surface area contributed by atoms with Crippen LogP contribution in [-0.2, 0) is 26.0 Å². The zero-order chi connectivity index (χ0) is 29.9. The molecule has 13 heteroatoms. The molecule has 12 nitrogen and oxygen atoms in total. The van der Waals surface area contributed by atoms with Crippen molar-refractivity contribution in [2.75, 3.05) is 65.6 Å². The van der Waals surface area contributed by atoms with Crippen LogP contribution in [-0.4, -0.2) is 89.7 Å². The number of nitrogens with one attached hydrogen (secondary N) is 2. The molecule has 1 heterocycles. The van der Waals surface area contributed by atoms with Crippen molar-refractivity contribution in [2.24, 2.45) is 0 Å². The van der Waals surface area contributed by atoms with Gasteiger partial charge in [-0.1, -0.05) is 6.07 Å². The summed E-state index contributed by atoms with van der Waals surface area (Å²) in [6.45, 7) is 2.29. The van der Waals surface area contributed by atoms with E-state index in [1.165, 1.54) is 31.5 Å². The number of carbonyl (C=O) groups is 2. The number of hydrogen-bond donors (Lipinski definition) is 2. The van der Waals surface area contributed by atoms with Gasteiger partial charge in [0.15, 0.2) is 11.5 Å². The highest BCUT2D eigenvalue weighted by atomic mass is 32.2. The van der Waals surface area contributed by atoms with E-state index in [0.717, 1.165) is 17.4 Å². The first-order valence-corrected chi connectivity index (χ1v) is 15.1. The molecule has 1 aliphatic carbocycles. The summed E-state index contributed by atoms with van der Waals surface area (Å²) in [6.07, 6.45) is 2.26. The number of aryl methyl sites for hydroxylation is 1. The van der Waals surface area contributed by atoms with Gasteiger partial charge < -0.3 is 29.7 Å². The van der Waals surface area contributed by atoms with Crippen molar-refractivity contribution in [3.63, 3.8) is 0 Å². The second-order valence-electron chi connectivity index (χ2n) is 9.99. The SMILES string of the molecule is COc1cc2c(c(OC)c1OC)-c1ccc(NCC(=O)N3CCN(S(C)(=O)=O)CC3)c(=O)cc1[C@H](NC(C)=O)CC2. The highest BCUT2D eigenvalue weighted by Crippen LogP contribution is 2.50. The van der Waals surface area contributed by atoms with E-state index < -0.39 is 16.1 Å². The topological polar surface area (TPSA) is 144 Å². The maximum Gasteiger partial charge on any atom is 0.241 e. The summed E-state index contributed by atoms with van der Waals surface area (Å²) < 4.78 is 41.8. The quantitative estimate of drug-likeness (QED) is 0.467. The van der Waals surface area contributed by atoms with Gasteiger partial charge in [0.1, 0.15) is 0 Å². The van der Waals surface area contributed by atoms with Crippen LogP contribution in [0.1, 0.15) is 30.5 Å². The Labute approximate surface area is 239 Å². The molecule has 41 heavy (non-hydrogen) atoms. The average molecular weight is 589 g/mol. The second kappa shape index (κ2) is 12.4. The molecule has 0 aromatic heterocycles. The third kappa shape index (κ3) is 6.41. The number of ether oxygens (including phenoxy) is 3. The van der Waals surface area contributed by atoms with Gasteiger partial charge in [-0.2, -0.15) is 4.31 Å². The molecule has 0 radical (unpaired) electrons. The molecule has 2 aliphatic rings. The number of amides is 2. The minimum Gasteiger partial charge on any atom is -0.493 e. The molecule has 2 aromatic rings. The molecule has 1 atom stereocenters. The summed E-state index contributed by atoms with van der Waals surface area (Å²) in [5.74, 6) is 0.888. The maximum absolute atomic E-state index is 13.4. The van der Waals surface area contributed by atoms with E-state index in [2.05, 4.69) is 10.6 Å². The number of fused-ring (bicyclic) bond motifs is 3. The lowest BCUT2D eigenvalue weighted by Crippen LogP contribution is -2.51. The van der Waals surface area contributed by atoms with Gasteiger partial charge in [-0.15, -0.1) is 0 Å². The van der Waals surface area contributed by atoms with Crippen LogP contribution in [0.3, 0.4) is 0 Å². The molecular formula is C28H36N4O8S. The number of methoxy groups -OCH3 is 3. The van der Waals surface area contributed by atoms with Crippen molar-refractivity contribution in [1.82, 2.24) is 14.5 Å². The van der Waals surface area contributed by atoms with Crippen molar-refractivity contribution in [3.05, 3.63) is 45.6 Å². The Kier molecular flexibility index (Phi) is 9.08. The molecule has 0 spiro atoms. The fraction of sp³-hybridized carbons (Fsp3) is 0.464. The largest absolute Gasteiger partial charge is 0.493 e. The molecule has 0 bridgehead atoms. The molecule has 2 N–H and O–H groups in total. The van der Waals surface area contributed by atoms with Crippen LogP contribution in [0.2, 0.25) is 0 Å².